The third-order valence-electron chi connectivity index (χ3n) is 4.53. The maximum atomic E-state index is 13.5. The third kappa shape index (κ3) is 2.74. The molecule has 8 heteroatoms. The number of halogens is 2. The van der Waals surface area contributed by atoms with Crippen LogP contribution < -0.4 is 5.73 Å². The van der Waals surface area contributed by atoms with E-state index in [1.54, 1.807) is 6.07 Å². The van der Waals surface area contributed by atoms with Crippen LogP contribution in [0.2, 0.25) is 0 Å². The van der Waals surface area contributed by atoms with E-state index in [0.717, 1.165) is 23.6 Å². The van der Waals surface area contributed by atoms with E-state index in [2.05, 4.69) is 15.0 Å². The first-order chi connectivity index (χ1) is 12.0. The van der Waals surface area contributed by atoms with Crippen molar-refractivity contribution < 1.29 is 8.78 Å². The van der Waals surface area contributed by atoms with Crippen molar-refractivity contribution in [2.45, 2.75) is 30.3 Å². The molecular weight excluding hydrogens is 344 g/mol. The number of hydrogen-bond donors (Lipinski definition) is 1. The Kier molecular flexibility index (Phi) is 3.87. The number of fused-ring (bicyclic) bond motifs is 1. The van der Waals surface area contributed by atoms with Crippen LogP contribution >= 0.6 is 11.8 Å². The van der Waals surface area contributed by atoms with Crippen molar-refractivity contribution in [1.82, 2.24) is 19.5 Å². The second-order valence-electron chi connectivity index (χ2n) is 6.15. The molecule has 130 valence electrons. The van der Waals surface area contributed by atoms with Crippen molar-refractivity contribution in [2.75, 3.05) is 11.5 Å². The number of hydrogen-bond acceptors (Lipinski definition) is 5. The molecule has 0 bridgehead atoms. The molecular formula is C17H17F2N5S. The number of benzene rings is 1. The highest BCUT2D eigenvalue weighted by Gasteiger charge is 2.43. The first kappa shape index (κ1) is 16.3. The first-order valence-corrected chi connectivity index (χ1v) is 9.05. The predicted molar refractivity (Wildman–Crippen MR) is 93.6 cm³/mol. The van der Waals surface area contributed by atoms with Crippen LogP contribution in [-0.2, 0) is 7.05 Å². The molecule has 1 fully saturated rings. The van der Waals surface area contributed by atoms with Crippen molar-refractivity contribution in [1.29, 1.82) is 0 Å². The zero-order chi connectivity index (χ0) is 17.7. The molecule has 1 aliphatic rings. The lowest BCUT2D eigenvalue weighted by Crippen LogP contribution is -2.00. The molecule has 4 rings (SSSR count). The number of rotatable bonds is 4. The van der Waals surface area contributed by atoms with Crippen LogP contribution in [0.1, 0.15) is 36.6 Å². The van der Waals surface area contributed by atoms with Gasteiger partial charge >= 0.3 is 0 Å². The molecule has 0 aliphatic heterocycles. The highest BCUT2D eigenvalue weighted by molar-refractivity contribution is 7.99. The number of nitrogens with zero attached hydrogens (tertiary/aromatic N) is 4. The van der Waals surface area contributed by atoms with E-state index < -0.39 is 11.6 Å². The zero-order valence-corrected chi connectivity index (χ0v) is 14.6. The Labute approximate surface area is 147 Å². The third-order valence-corrected chi connectivity index (χ3v) is 5.26. The maximum absolute atomic E-state index is 13.5. The Hall–Kier alpha value is -2.22. The van der Waals surface area contributed by atoms with Crippen LogP contribution in [-0.4, -0.2) is 25.3 Å². The Bertz CT molecular complexity index is 971. The van der Waals surface area contributed by atoms with Crippen molar-refractivity contribution in [3.8, 4) is 0 Å². The number of anilines is 1. The molecule has 0 amide bonds. The van der Waals surface area contributed by atoms with Crippen molar-refractivity contribution >= 4 is 28.7 Å². The van der Waals surface area contributed by atoms with Crippen molar-refractivity contribution in [2.24, 2.45) is 7.05 Å². The van der Waals surface area contributed by atoms with E-state index in [4.69, 9.17) is 5.73 Å². The van der Waals surface area contributed by atoms with Crippen molar-refractivity contribution in [3.63, 3.8) is 0 Å². The highest BCUT2D eigenvalue weighted by atomic mass is 32.2. The molecule has 5 nitrogen and oxygen atoms in total. The average molecular weight is 361 g/mol. The molecule has 2 aromatic heterocycles. The summed E-state index contributed by atoms with van der Waals surface area (Å²) in [7, 11) is 1.90. The minimum absolute atomic E-state index is 0.129. The summed E-state index contributed by atoms with van der Waals surface area (Å²) in [5.41, 5.74) is 8.12. The largest absolute Gasteiger partial charge is 0.382 e. The van der Waals surface area contributed by atoms with Gasteiger partial charge in [-0.15, -0.1) is 0 Å². The quantitative estimate of drug-likeness (QED) is 0.568. The Morgan fingerprint density at radius 2 is 2.00 bits per heavy atom. The maximum Gasteiger partial charge on any atom is 0.191 e. The van der Waals surface area contributed by atoms with Gasteiger partial charge in [-0.3, -0.25) is 0 Å². The molecule has 1 saturated carbocycles. The molecule has 0 radical (unpaired) electrons. The summed E-state index contributed by atoms with van der Waals surface area (Å²) in [5.74, 6) is 0.709. The molecule has 0 unspecified atom stereocenters. The van der Waals surface area contributed by atoms with Gasteiger partial charge in [-0.2, -0.15) is 0 Å². The molecule has 0 spiro atoms. The molecule has 1 aliphatic carbocycles. The van der Waals surface area contributed by atoms with E-state index in [9.17, 15) is 8.78 Å². The topological polar surface area (TPSA) is 69.6 Å². The van der Waals surface area contributed by atoms with Crippen molar-refractivity contribution in [3.05, 3.63) is 41.2 Å². The van der Waals surface area contributed by atoms with Gasteiger partial charge in [-0.05, 0) is 35.8 Å². The normalized spacial score (nSPS) is 19.5. The van der Waals surface area contributed by atoms with Crippen LogP contribution in [0.5, 0.6) is 0 Å². The summed E-state index contributed by atoms with van der Waals surface area (Å²) in [6.45, 7) is 2.03. The van der Waals surface area contributed by atoms with E-state index in [1.807, 2.05) is 18.5 Å². The van der Waals surface area contributed by atoms with E-state index >= 15 is 0 Å². The van der Waals surface area contributed by atoms with Crippen LogP contribution in [0.4, 0.5) is 14.6 Å². The molecule has 2 atom stereocenters. The lowest BCUT2D eigenvalue weighted by Gasteiger charge is -2.03. The zero-order valence-electron chi connectivity index (χ0n) is 13.8. The van der Waals surface area contributed by atoms with Gasteiger partial charge in [0.2, 0.25) is 0 Å². The summed E-state index contributed by atoms with van der Waals surface area (Å²) in [6, 6.07) is 4.08. The summed E-state index contributed by atoms with van der Waals surface area (Å²) in [5, 5.41) is 0.634. The van der Waals surface area contributed by atoms with Gasteiger partial charge in [-0.25, -0.2) is 23.7 Å². The molecule has 2 heterocycles. The Morgan fingerprint density at radius 3 is 2.72 bits per heavy atom. The number of imidazole rings is 1. The number of nitrogens with two attached hydrogens (primary N) is 1. The second-order valence-corrected chi connectivity index (χ2v) is 7.38. The average Bonchev–Trinajstić information content (AvgIpc) is 3.29. The number of thioether (sulfide) groups is 1. The lowest BCUT2D eigenvalue weighted by molar-refractivity contribution is 0.507. The fraction of sp³-hybridized carbons (Fsp3) is 0.353. The fourth-order valence-electron chi connectivity index (χ4n) is 3.20. The molecule has 0 saturated heterocycles. The van der Waals surface area contributed by atoms with E-state index in [-0.39, 0.29) is 11.8 Å². The molecule has 1 aromatic carbocycles. The molecule has 3 aromatic rings. The van der Waals surface area contributed by atoms with Gasteiger partial charge in [0, 0.05) is 13.0 Å². The lowest BCUT2D eigenvalue weighted by atomic mass is 10.1. The minimum Gasteiger partial charge on any atom is -0.382 e. The highest BCUT2D eigenvalue weighted by Crippen LogP contribution is 2.54. The standard InChI is InChI=1S/C17H17F2N5S/c1-3-25-17-22-14(20)13-16(23-17)24(2)15(21-13)10-7-9(10)8-4-5-11(18)12(19)6-8/h4-6,9-10H,3,7H2,1-2H3,(H2,20,22,23)/t9-,10-/m1/s1. The minimum atomic E-state index is -0.826. The molecule has 25 heavy (non-hydrogen) atoms. The number of aromatic nitrogens is 4. The van der Waals surface area contributed by atoms with Crippen LogP contribution in [0, 0.1) is 11.6 Å². The Morgan fingerprint density at radius 1 is 1.20 bits per heavy atom. The second kappa shape index (κ2) is 5.94. The number of nitrogen functional groups attached to an aromatic ring is 1. The first-order valence-electron chi connectivity index (χ1n) is 8.07. The fourth-order valence-corrected chi connectivity index (χ4v) is 3.77. The SMILES string of the molecule is CCSc1nc(N)c2nc([C@@H]3C[C@@H]3c3ccc(F)c(F)c3)n(C)c2n1. The van der Waals surface area contributed by atoms with E-state index in [1.165, 1.54) is 23.9 Å². The van der Waals surface area contributed by atoms with Gasteiger partial charge in [0.05, 0.1) is 0 Å². The van der Waals surface area contributed by atoms with Crippen LogP contribution in [0.25, 0.3) is 11.2 Å². The predicted octanol–water partition coefficient (Wildman–Crippen LogP) is 3.61. The monoisotopic (exact) mass is 361 g/mol. The summed E-state index contributed by atoms with van der Waals surface area (Å²) >= 11 is 1.53. The summed E-state index contributed by atoms with van der Waals surface area (Å²) in [6.07, 6.45) is 0.839. The van der Waals surface area contributed by atoms with Crippen LogP contribution in [0.3, 0.4) is 0 Å². The van der Waals surface area contributed by atoms with Gasteiger partial charge in [0.15, 0.2) is 33.8 Å². The van der Waals surface area contributed by atoms with Gasteiger partial charge < -0.3 is 10.3 Å². The number of aryl methyl sites for hydroxylation is 1. The Balaban J connectivity index is 1.69. The molecule has 2 N–H and O–H groups in total. The smallest absolute Gasteiger partial charge is 0.191 e. The summed E-state index contributed by atoms with van der Waals surface area (Å²) in [4.78, 5) is 13.5. The summed E-state index contributed by atoms with van der Waals surface area (Å²) < 4.78 is 28.5. The van der Waals surface area contributed by atoms with Gasteiger partial charge in [0.1, 0.15) is 5.82 Å². The van der Waals surface area contributed by atoms with E-state index in [0.29, 0.717) is 22.1 Å². The van der Waals surface area contributed by atoms with Crippen LogP contribution in [0.15, 0.2) is 23.4 Å². The van der Waals surface area contributed by atoms with Gasteiger partial charge in [-0.1, -0.05) is 24.8 Å². The van der Waals surface area contributed by atoms with Gasteiger partial charge in [0.25, 0.3) is 0 Å².